The number of carbonyl (C=O) groups excluding carboxylic acids is 2. The number of amides is 1. The van der Waals surface area contributed by atoms with Gasteiger partial charge in [-0.05, 0) is 69.0 Å². The summed E-state index contributed by atoms with van der Waals surface area (Å²) >= 11 is 0. The molecule has 6 nitrogen and oxygen atoms in total. The highest BCUT2D eigenvalue weighted by atomic mass is 35.5. The number of piperidine rings is 1. The van der Waals surface area contributed by atoms with Crippen molar-refractivity contribution in [1.29, 1.82) is 0 Å². The first-order chi connectivity index (χ1) is 12.2. The summed E-state index contributed by atoms with van der Waals surface area (Å²) in [5.41, 5.74) is 0.775. The van der Waals surface area contributed by atoms with Crippen LogP contribution in [-0.2, 0) is 14.3 Å². The van der Waals surface area contributed by atoms with Gasteiger partial charge in [0, 0.05) is 18.5 Å². The van der Waals surface area contributed by atoms with Gasteiger partial charge < -0.3 is 20.1 Å². The van der Waals surface area contributed by atoms with Crippen molar-refractivity contribution < 1.29 is 19.1 Å². The molecule has 0 aromatic heterocycles. The highest BCUT2D eigenvalue weighted by molar-refractivity contribution is 5.90. The van der Waals surface area contributed by atoms with E-state index >= 15 is 0 Å². The molecule has 2 rings (SSSR count). The minimum absolute atomic E-state index is 0. The number of halogens is 1. The Morgan fingerprint density at radius 3 is 2.50 bits per heavy atom. The van der Waals surface area contributed by atoms with Crippen LogP contribution in [0.4, 0.5) is 5.69 Å². The lowest BCUT2D eigenvalue weighted by Gasteiger charge is -2.22. The van der Waals surface area contributed by atoms with Crippen molar-refractivity contribution in [2.75, 3.05) is 32.1 Å². The molecule has 7 heteroatoms. The van der Waals surface area contributed by atoms with Gasteiger partial charge in [0.15, 0.2) is 0 Å². The van der Waals surface area contributed by atoms with E-state index in [0.717, 1.165) is 43.8 Å². The number of rotatable bonds is 9. The van der Waals surface area contributed by atoms with Crippen LogP contribution in [0.5, 0.6) is 5.75 Å². The van der Waals surface area contributed by atoms with Crippen LogP contribution in [0.25, 0.3) is 0 Å². The van der Waals surface area contributed by atoms with Gasteiger partial charge in [0.1, 0.15) is 5.75 Å². The van der Waals surface area contributed by atoms with E-state index in [1.165, 1.54) is 7.11 Å². The van der Waals surface area contributed by atoms with Crippen LogP contribution in [0.1, 0.15) is 38.5 Å². The SMILES string of the molecule is COC(=O)CCCOc1ccc(NC(=O)CCC2CCNCC2)cc1.Cl. The quantitative estimate of drug-likeness (QED) is 0.505. The van der Waals surface area contributed by atoms with Crippen LogP contribution in [-0.4, -0.2) is 38.7 Å². The summed E-state index contributed by atoms with van der Waals surface area (Å²) < 4.78 is 10.1. The molecule has 146 valence electrons. The third-order valence-electron chi connectivity index (χ3n) is 4.40. The number of esters is 1. The number of benzene rings is 1. The summed E-state index contributed by atoms with van der Waals surface area (Å²) in [6.07, 6.45) is 4.81. The normalized spacial score (nSPS) is 14.2. The van der Waals surface area contributed by atoms with Crippen LogP contribution in [0.15, 0.2) is 24.3 Å². The molecule has 0 spiro atoms. The molecule has 0 unspecified atom stereocenters. The topological polar surface area (TPSA) is 76.7 Å². The Morgan fingerprint density at radius 1 is 1.15 bits per heavy atom. The van der Waals surface area contributed by atoms with Crippen LogP contribution < -0.4 is 15.4 Å². The number of ether oxygens (including phenoxy) is 2. The number of nitrogens with one attached hydrogen (secondary N) is 2. The lowest BCUT2D eigenvalue weighted by atomic mass is 9.93. The van der Waals surface area contributed by atoms with Crippen LogP contribution in [0.2, 0.25) is 0 Å². The number of anilines is 1. The first-order valence-corrected chi connectivity index (χ1v) is 8.97. The third kappa shape index (κ3) is 8.54. The van der Waals surface area contributed by atoms with Gasteiger partial charge in [-0.15, -0.1) is 12.4 Å². The molecule has 1 aliphatic heterocycles. The van der Waals surface area contributed by atoms with Crippen molar-refractivity contribution in [2.24, 2.45) is 5.92 Å². The van der Waals surface area contributed by atoms with Crippen molar-refractivity contribution >= 4 is 30.0 Å². The first kappa shape index (κ1) is 22.3. The summed E-state index contributed by atoms with van der Waals surface area (Å²) in [5.74, 6) is 1.21. The molecular formula is C19H29ClN2O4. The lowest BCUT2D eigenvalue weighted by molar-refractivity contribution is -0.140. The van der Waals surface area contributed by atoms with Gasteiger partial charge >= 0.3 is 5.97 Å². The van der Waals surface area contributed by atoms with E-state index in [1.54, 1.807) is 0 Å². The van der Waals surface area contributed by atoms with Crippen molar-refractivity contribution in [3.63, 3.8) is 0 Å². The molecule has 1 aromatic rings. The number of methoxy groups -OCH3 is 1. The zero-order chi connectivity index (χ0) is 17.9. The molecule has 1 aliphatic rings. The standard InChI is InChI=1S/C19H28N2O4.ClH/c1-24-19(23)3-2-14-25-17-7-5-16(6-8-17)21-18(22)9-4-15-10-12-20-13-11-15;/h5-8,15,20H,2-4,9-14H2,1H3,(H,21,22);1H. The minimum atomic E-state index is -0.230. The highest BCUT2D eigenvalue weighted by Crippen LogP contribution is 2.19. The molecule has 0 atom stereocenters. The summed E-state index contributed by atoms with van der Waals surface area (Å²) in [5, 5.41) is 6.27. The molecule has 0 aliphatic carbocycles. The highest BCUT2D eigenvalue weighted by Gasteiger charge is 2.14. The lowest BCUT2D eigenvalue weighted by Crippen LogP contribution is -2.28. The summed E-state index contributed by atoms with van der Waals surface area (Å²) in [7, 11) is 1.38. The average molecular weight is 385 g/mol. The maximum absolute atomic E-state index is 12.0. The fourth-order valence-corrected chi connectivity index (χ4v) is 2.87. The minimum Gasteiger partial charge on any atom is -0.494 e. The molecule has 26 heavy (non-hydrogen) atoms. The van der Waals surface area contributed by atoms with E-state index in [9.17, 15) is 9.59 Å². The van der Waals surface area contributed by atoms with Gasteiger partial charge in [-0.25, -0.2) is 0 Å². The number of hydrogen-bond donors (Lipinski definition) is 2. The first-order valence-electron chi connectivity index (χ1n) is 8.97. The predicted molar refractivity (Wildman–Crippen MR) is 104 cm³/mol. The van der Waals surface area contributed by atoms with Gasteiger partial charge in [0.05, 0.1) is 13.7 Å². The van der Waals surface area contributed by atoms with Gasteiger partial charge in [-0.2, -0.15) is 0 Å². The fourth-order valence-electron chi connectivity index (χ4n) is 2.87. The maximum atomic E-state index is 12.0. The van der Waals surface area contributed by atoms with Gasteiger partial charge in [0.2, 0.25) is 5.91 Å². The largest absolute Gasteiger partial charge is 0.494 e. The zero-order valence-electron chi connectivity index (χ0n) is 15.3. The van der Waals surface area contributed by atoms with Crippen molar-refractivity contribution in [1.82, 2.24) is 5.32 Å². The number of carbonyl (C=O) groups is 2. The molecule has 1 amide bonds. The van der Waals surface area contributed by atoms with E-state index in [0.29, 0.717) is 31.8 Å². The monoisotopic (exact) mass is 384 g/mol. The second-order valence-corrected chi connectivity index (χ2v) is 6.33. The summed E-state index contributed by atoms with van der Waals surface area (Å²) in [6, 6.07) is 7.30. The Bertz CT molecular complexity index is 545. The van der Waals surface area contributed by atoms with Gasteiger partial charge in [0.25, 0.3) is 0 Å². The van der Waals surface area contributed by atoms with Crippen molar-refractivity contribution in [3.8, 4) is 5.75 Å². The second kappa shape index (κ2) is 12.5. The van der Waals surface area contributed by atoms with Gasteiger partial charge in [-0.1, -0.05) is 0 Å². The average Bonchev–Trinajstić information content (AvgIpc) is 2.65. The smallest absolute Gasteiger partial charge is 0.305 e. The predicted octanol–water partition coefficient (Wildman–Crippen LogP) is 3.16. The second-order valence-electron chi connectivity index (χ2n) is 6.33. The van der Waals surface area contributed by atoms with Gasteiger partial charge in [-0.3, -0.25) is 9.59 Å². The Morgan fingerprint density at radius 2 is 1.85 bits per heavy atom. The molecule has 2 N–H and O–H groups in total. The number of hydrogen-bond acceptors (Lipinski definition) is 5. The van der Waals surface area contributed by atoms with E-state index in [2.05, 4.69) is 15.4 Å². The molecule has 1 fully saturated rings. The zero-order valence-corrected chi connectivity index (χ0v) is 16.1. The Balaban J connectivity index is 0.00000338. The Hall–Kier alpha value is -1.79. The van der Waals surface area contributed by atoms with E-state index in [4.69, 9.17) is 4.74 Å². The third-order valence-corrected chi connectivity index (χ3v) is 4.40. The fraction of sp³-hybridized carbons (Fsp3) is 0.579. The van der Waals surface area contributed by atoms with Crippen molar-refractivity contribution in [3.05, 3.63) is 24.3 Å². The molecule has 0 bridgehead atoms. The Labute approximate surface area is 161 Å². The molecule has 0 saturated carbocycles. The summed E-state index contributed by atoms with van der Waals surface area (Å²) in [4.78, 5) is 23.0. The molecule has 0 radical (unpaired) electrons. The molecule has 1 saturated heterocycles. The van der Waals surface area contributed by atoms with E-state index in [-0.39, 0.29) is 24.3 Å². The Kier molecular flexibility index (Phi) is 10.7. The van der Waals surface area contributed by atoms with Crippen molar-refractivity contribution in [2.45, 2.75) is 38.5 Å². The van der Waals surface area contributed by atoms with Crippen LogP contribution in [0, 0.1) is 5.92 Å². The molecule has 1 aromatic carbocycles. The molecule has 1 heterocycles. The maximum Gasteiger partial charge on any atom is 0.305 e. The van der Waals surface area contributed by atoms with E-state index < -0.39 is 0 Å². The van der Waals surface area contributed by atoms with E-state index in [1.807, 2.05) is 24.3 Å². The summed E-state index contributed by atoms with van der Waals surface area (Å²) in [6.45, 7) is 2.58. The van der Waals surface area contributed by atoms with Crippen LogP contribution in [0.3, 0.4) is 0 Å². The molecular weight excluding hydrogens is 356 g/mol. The van der Waals surface area contributed by atoms with Crippen LogP contribution >= 0.6 is 12.4 Å².